The van der Waals surface area contributed by atoms with Gasteiger partial charge < -0.3 is 15.5 Å². The summed E-state index contributed by atoms with van der Waals surface area (Å²) < 4.78 is 0. The predicted octanol–water partition coefficient (Wildman–Crippen LogP) is 3.21. The van der Waals surface area contributed by atoms with Gasteiger partial charge in [0.25, 0.3) is 0 Å². The Morgan fingerprint density at radius 1 is 0.929 bits per heavy atom. The lowest BCUT2D eigenvalue weighted by Crippen LogP contribution is -2.35. The van der Waals surface area contributed by atoms with Crippen LogP contribution >= 0.6 is 0 Å². The first-order chi connectivity index (χ1) is 13.4. The Bertz CT molecular complexity index is 801. The smallest absolute Gasteiger partial charge is 0.306 e. The molecule has 2 aromatic rings. The first kappa shape index (κ1) is 21.2. The van der Waals surface area contributed by atoms with Crippen molar-refractivity contribution in [1.29, 1.82) is 0 Å². The lowest BCUT2D eigenvalue weighted by molar-refractivity contribution is -0.142. The molecule has 0 aliphatic heterocycles. The summed E-state index contributed by atoms with van der Waals surface area (Å²) in [6.07, 6.45) is 0.416. The number of carbonyl (C=O) groups is 3. The SMILES string of the molecule is C[C@H](C[C@H](Cc1ccc(-c2ccccc2)cc1)C(=O)NCCC(=O)O)C(=O)O. The summed E-state index contributed by atoms with van der Waals surface area (Å²) in [5.41, 5.74) is 3.08. The topological polar surface area (TPSA) is 104 Å². The molecule has 28 heavy (non-hydrogen) atoms. The van der Waals surface area contributed by atoms with E-state index in [9.17, 15) is 19.5 Å². The van der Waals surface area contributed by atoms with Crippen LogP contribution < -0.4 is 5.32 Å². The highest BCUT2D eigenvalue weighted by Crippen LogP contribution is 2.22. The maximum absolute atomic E-state index is 12.5. The van der Waals surface area contributed by atoms with E-state index in [4.69, 9.17) is 5.11 Å². The number of nitrogens with one attached hydrogen (secondary N) is 1. The van der Waals surface area contributed by atoms with Crippen LogP contribution in [0.25, 0.3) is 11.1 Å². The summed E-state index contributed by atoms with van der Waals surface area (Å²) >= 11 is 0. The fourth-order valence-corrected chi connectivity index (χ4v) is 3.00. The number of benzene rings is 2. The van der Waals surface area contributed by atoms with E-state index in [1.54, 1.807) is 6.92 Å². The molecule has 0 bridgehead atoms. The van der Waals surface area contributed by atoms with Crippen molar-refractivity contribution in [3.05, 3.63) is 60.2 Å². The Hall–Kier alpha value is -3.15. The van der Waals surface area contributed by atoms with E-state index >= 15 is 0 Å². The van der Waals surface area contributed by atoms with Gasteiger partial charge in [0.1, 0.15) is 0 Å². The lowest BCUT2D eigenvalue weighted by Gasteiger charge is -2.19. The van der Waals surface area contributed by atoms with Gasteiger partial charge in [0.05, 0.1) is 12.3 Å². The van der Waals surface area contributed by atoms with E-state index in [-0.39, 0.29) is 25.3 Å². The molecule has 0 aliphatic rings. The maximum Gasteiger partial charge on any atom is 0.306 e. The van der Waals surface area contributed by atoms with Gasteiger partial charge >= 0.3 is 11.9 Å². The van der Waals surface area contributed by atoms with Crippen molar-refractivity contribution in [3.8, 4) is 11.1 Å². The molecule has 0 unspecified atom stereocenters. The zero-order valence-corrected chi connectivity index (χ0v) is 15.8. The highest BCUT2D eigenvalue weighted by Gasteiger charge is 2.24. The van der Waals surface area contributed by atoms with Gasteiger partial charge in [-0.15, -0.1) is 0 Å². The largest absolute Gasteiger partial charge is 0.481 e. The molecule has 0 heterocycles. The third-order valence-electron chi connectivity index (χ3n) is 4.61. The van der Waals surface area contributed by atoms with Crippen LogP contribution in [0.4, 0.5) is 0 Å². The number of hydrogen-bond acceptors (Lipinski definition) is 3. The fourth-order valence-electron chi connectivity index (χ4n) is 3.00. The molecule has 0 fully saturated rings. The van der Waals surface area contributed by atoms with Crippen molar-refractivity contribution in [2.24, 2.45) is 11.8 Å². The van der Waals surface area contributed by atoms with E-state index in [2.05, 4.69) is 5.32 Å². The molecule has 2 aromatic carbocycles. The van der Waals surface area contributed by atoms with Gasteiger partial charge in [0, 0.05) is 12.5 Å². The summed E-state index contributed by atoms with van der Waals surface area (Å²) in [5, 5.41) is 20.5. The van der Waals surface area contributed by atoms with Gasteiger partial charge in [-0.25, -0.2) is 0 Å². The van der Waals surface area contributed by atoms with E-state index in [1.807, 2.05) is 54.6 Å². The summed E-state index contributed by atoms with van der Waals surface area (Å²) in [6.45, 7) is 1.59. The molecule has 0 radical (unpaired) electrons. The summed E-state index contributed by atoms with van der Waals surface area (Å²) in [4.78, 5) is 34.3. The number of hydrogen-bond donors (Lipinski definition) is 3. The first-order valence-electron chi connectivity index (χ1n) is 9.23. The van der Waals surface area contributed by atoms with Gasteiger partial charge in [-0.1, -0.05) is 61.5 Å². The van der Waals surface area contributed by atoms with Gasteiger partial charge in [0.2, 0.25) is 5.91 Å². The predicted molar refractivity (Wildman–Crippen MR) is 106 cm³/mol. The molecule has 0 aliphatic carbocycles. The Morgan fingerprint density at radius 2 is 1.54 bits per heavy atom. The van der Waals surface area contributed by atoms with Crippen LogP contribution in [0.5, 0.6) is 0 Å². The molecule has 6 nitrogen and oxygen atoms in total. The zero-order valence-electron chi connectivity index (χ0n) is 15.8. The third kappa shape index (κ3) is 6.54. The Labute approximate surface area is 164 Å². The number of aliphatic carboxylic acids is 2. The van der Waals surface area contributed by atoms with Gasteiger partial charge in [-0.3, -0.25) is 14.4 Å². The van der Waals surface area contributed by atoms with Crippen LogP contribution in [-0.4, -0.2) is 34.6 Å². The van der Waals surface area contributed by atoms with E-state index in [0.717, 1.165) is 16.7 Å². The molecule has 0 saturated heterocycles. The first-order valence-corrected chi connectivity index (χ1v) is 9.23. The molecule has 148 valence electrons. The Balaban J connectivity index is 2.08. The molecule has 3 N–H and O–H groups in total. The second-order valence-corrected chi connectivity index (χ2v) is 6.87. The van der Waals surface area contributed by atoms with Crippen molar-refractivity contribution in [2.75, 3.05) is 6.54 Å². The van der Waals surface area contributed by atoms with Crippen LogP contribution in [0.2, 0.25) is 0 Å². The number of carbonyl (C=O) groups excluding carboxylic acids is 1. The molecule has 1 amide bonds. The quantitative estimate of drug-likeness (QED) is 0.584. The third-order valence-corrected chi connectivity index (χ3v) is 4.61. The lowest BCUT2D eigenvalue weighted by atomic mass is 9.89. The van der Waals surface area contributed by atoms with Crippen molar-refractivity contribution < 1.29 is 24.6 Å². The van der Waals surface area contributed by atoms with Crippen LogP contribution in [-0.2, 0) is 20.8 Å². The summed E-state index contributed by atoms with van der Waals surface area (Å²) in [7, 11) is 0. The summed E-state index contributed by atoms with van der Waals surface area (Å²) in [5.74, 6) is -3.47. The molecule has 0 spiro atoms. The minimum absolute atomic E-state index is 0.0268. The van der Waals surface area contributed by atoms with E-state index < -0.39 is 23.8 Å². The van der Waals surface area contributed by atoms with Crippen molar-refractivity contribution in [3.63, 3.8) is 0 Å². The van der Waals surface area contributed by atoms with Crippen molar-refractivity contribution in [1.82, 2.24) is 5.32 Å². The second-order valence-electron chi connectivity index (χ2n) is 6.87. The highest BCUT2D eigenvalue weighted by molar-refractivity contribution is 5.80. The monoisotopic (exact) mass is 383 g/mol. The van der Waals surface area contributed by atoms with E-state index in [0.29, 0.717) is 6.42 Å². The average Bonchev–Trinajstić information content (AvgIpc) is 2.68. The number of amides is 1. The minimum atomic E-state index is -0.993. The molecular weight excluding hydrogens is 358 g/mol. The van der Waals surface area contributed by atoms with Gasteiger partial charge in [-0.05, 0) is 29.5 Å². The molecular formula is C22H25NO5. The highest BCUT2D eigenvalue weighted by atomic mass is 16.4. The van der Waals surface area contributed by atoms with Crippen LogP contribution in [0, 0.1) is 11.8 Å². The minimum Gasteiger partial charge on any atom is -0.481 e. The standard InChI is InChI=1S/C22H25NO5/c1-15(22(27)28)13-19(21(26)23-12-11-20(24)25)14-16-7-9-18(10-8-16)17-5-3-2-4-6-17/h2-10,15,19H,11-14H2,1H3,(H,23,26)(H,24,25)(H,27,28)/t15-,19-/m1/s1. The second kappa shape index (κ2) is 10.3. The Kier molecular flexibility index (Phi) is 7.75. The van der Waals surface area contributed by atoms with Crippen LogP contribution in [0.1, 0.15) is 25.3 Å². The molecule has 0 aromatic heterocycles. The Morgan fingerprint density at radius 3 is 2.11 bits per heavy atom. The molecule has 2 atom stereocenters. The number of carboxylic acids is 2. The molecule has 0 saturated carbocycles. The number of rotatable bonds is 10. The molecule has 6 heteroatoms. The van der Waals surface area contributed by atoms with Gasteiger partial charge in [-0.2, -0.15) is 0 Å². The number of carboxylic acid groups (broad SMARTS) is 2. The molecule has 2 rings (SSSR count). The van der Waals surface area contributed by atoms with Crippen molar-refractivity contribution >= 4 is 17.8 Å². The van der Waals surface area contributed by atoms with Gasteiger partial charge in [0.15, 0.2) is 0 Å². The van der Waals surface area contributed by atoms with E-state index in [1.165, 1.54) is 0 Å². The van der Waals surface area contributed by atoms with Crippen molar-refractivity contribution in [2.45, 2.75) is 26.2 Å². The summed E-state index contributed by atoms with van der Waals surface area (Å²) in [6, 6.07) is 17.7. The fraction of sp³-hybridized carbons (Fsp3) is 0.318. The normalized spacial score (nSPS) is 12.8. The average molecular weight is 383 g/mol. The zero-order chi connectivity index (χ0) is 20.5. The van der Waals surface area contributed by atoms with Crippen LogP contribution in [0.3, 0.4) is 0 Å². The van der Waals surface area contributed by atoms with Crippen LogP contribution in [0.15, 0.2) is 54.6 Å². The maximum atomic E-state index is 12.5.